The first-order valence-corrected chi connectivity index (χ1v) is 6.83. The minimum Gasteiger partial charge on any atom is -0.478 e. The Balaban J connectivity index is 3.03. The van der Waals surface area contributed by atoms with Crippen LogP contribution in [0.3, 0.4) is 0 Å². The average molecular weight is 416 g/mol. The lowest BCUT2D eigenvalue weighted by atomic mass is 10.2. The van der Waals surface area contributed by atoms with Gasteiger partial charge in [-0.15, -0.1) is 0 Å². The normalized spacial score (nSPS) is 10.5. The van der Waals surface area contributed by atoms with Crippen molar-refractivity contribution >= 4 is 49.5 Å². The number of hydrogen-bond acceptors (Lipinski definition) is 2. The van der Waals surface area contributed by atoms with Gasteiger partial charge in [-0.05, 0) is 28.1 Å². The molecular formula is C11H10Br2F2N2O3. The van der Waals surface area contributed by atoms with E-state index in [4.69, 9.17) is 5.11 Å². The van der Waals surface area contributed by atoms with Crippen molar-refractivity contribution < 1.29 is 23.5 Å². The molecule has 0 aliphatic rings. The maximum Gasteiger partial charge on any atom is 0.337 e. The van der Waals surface area contributed by atoms with Gasteiger partial charge in [-0.25, -0.2) is 18.4 Å². The third-order valence-electron chi connectivity index (χ3n) is 2.28. The second kappa shape index (κ2) is 6.98. The largest absolute Gasteiger partial charge is 0.478 e. The molecule has 20 heavy (non-hydrogen) atoms. The van der Waals surface area contributed by atoms with E-state index in [1.54, 1.807) is 0 Å². The van der Waals surface area contributed by atoms with E-state index in [-0.39, 0.29) is 11.3 Å². The van der Waals surface area contributed by atoms with Gasteiger partial charge in [0.1, 0.15) is 0 Å². The number of carboxylic acid groups (broad SMARTS) is 1. The Morgan fingerprint density at radius 1 is 1.40 bits per heavy atom. The quantitative estimate of drug-likeness (QED) is 0.788. The zero-order chi connectivity index (χ0) is 15.4. The smallest absolute Gasteiger partial charge is 0.337 e. The van der Waals surface area contributed by atoms with Crippen molar-refractivity contribution in [3.63, 3.8) is 0 Å². The van der Waals surface area contributed by atoms with Crippen LogP contribution in [0.25, 0.3) is 0 Å². The molecule has 1 aromatic rings. The minimum atomic E-state index is -2.67. The molecule has 0 fully saturated rings. The Morgan fingerprint density at radius 2 is 2.00 bits per heavy atom. The third kappa shape index (κ3) is 4.41. The number of rotatable bonds is 4. The number of amides is 2. The highest BCUT2D eigenvalue weighted by atomic mass is 79.9. The molecule has 1 aromatic carbocycles. The molecule has 0 aromatic heterocycles. The van der Waals surface area contributed by atoms with Crippen LogP contribution in [0.1, 0.15) is 10.4 Å². The summed E-state index contributed by atoms with van der Waals surface area (Å²) in [5.41, 5.74) is -0.156. The van der Waals surface area contributed by atoms with E-state index in [2.05, 4.69) is 37.2 Å². The number of anilines is 1. The number of hydrogen-bond donors (Lipinski definition) is 2. The number of carbonyl (C=O) groups excluding carboxylic acids is 1. The van der Waals surface area contributed by atoms with Crippen LogP contribution >= 0.6 is 31.9 Å². The molecule has 0 unspecified atom stereocenters. The Labute approximate surface area is 130 Å². The van der Waals surface area contributed by atoms with E-state index >= 15 is 0 Å². The lowest BCUT2D eigenvalue weighted by Gasteiger charge is -2.19. The fourth-order valence-electron chi connectivity index (χ4n) is 1.36. The zero-order valence-electron chi connectivity index (χ0n) is 10.2. The summed E-state index contributed by atoms with van der Waals surface area (Å²) in [6, 6.07) is 2.01. The van der Waals surface area contributed by atoms with Gasteiger partial charge < -0.3 is 15.3 Å². The molecule has 9 heteroatoms. The van der Waals surface area contributed by atoms with Gasteiger partial charge in [0.25, 0.3) is 6.43 Å². The summed E-state index contributed by atoms with van der Waals surface area (Å²) < 4.78 is 25.2. The molecule has 0 saturated carbocycles. The molecule has 0 bridgehead atoms. The molecule has 2 N–H and O–H groups in total. The van der Waals surface area contributed by atoms with E-state index < -0.39 is 25.0 Å². The SMILES string of the molecule is CN(CC(F)F)C(=O)Nc1c(Br)cc(Br)cc1C(=O)O. The van der Waals surface area contributed by atoms with Gasteiger partial charge in [-0.1, -0.05) is 15.9 Å². The van der Waals surface area contributed by atoms with Gasteiger partial charge in [0, 0.05) is 16.0 Å². The third-order valence-corrected chi connectivity index (χ3v) is 3.36. The number of carboxylic acids is 1. The molecule has 0 atom stereocenters. The number of halogens is 4. The molecule has 0 heterocycles. The van der Waals surface area contributed by atoms with Gasteiger partial charge in [0.15, 0.2) is 0 Å². The Kier molecular flexibility index (Phi) is 5.88. The van der Waals surface area contributed by atoms with E-state index in [1.165, 1.54) is 19.2 Å². The topological polar surface area (TPSA) is 69.6 Å². The van der Waals surface area contributed by atoms with Crippen LogP contribution in [0, 0.1) is 0 Å². The highest BCUT2D eigenvalue weighted by Gasteiger charge is 2.20. The van der Waals surface area contributed by atoms with Crippen molar-refractivity contribution in [3.8, 4) is 0 Å². The van der Waals surface area contributed by atoms with Gasteiger partial charge in [0.05, 0.1) is 17.8 Å². The number of urea groups is 1. The first-order chi connectivity index (χ1) is 9.22. The van der Waals surface area contributed by atoms with Crippen molar-refractivity contribution in [3.05, 3.63) is 26.6 Å². The maximum atomic E-state index is 12.2. The molecular weight excluding hydrogens is 406 g/mol. The molecule has 1 rings (SSSR count). The fraction of sp³-hybridized carbons (Fsp3) is 0.273. The molecule has 0 radical (unpaired) electrons. The summed E-state index contributed by atoms with van der Waals surface area (Å²) in [6.07, 6.45) is -2.67. The molecule has 0 spiro atoms. The van der Waals surface area contributed by atoms with Crippen LogP contribution in [0.4, 0.5) is 19.3 Å². The van der Waals surface area contributed by atoms with Crippen LogP contribution < -0.4 is 5.32 Å². The summed E-state index contributed by atoms with van der Waals surface area (Å²) >= 11 is 6.25. The van der Waals surface area contributed by atoms with E-state index in [0.717, 1.165) is 4.90 Å². The second-order valence-electron chi connectivity index (χ2n) is 3.82. The maximum absolute atomic E-state index is 12.2. The Hall–Kier alpha value is -1.22. The molecule has 0 aliphatic carbocycles. The lowest BCUT2D eigenvalue weighted by molar-refractivity contribution is 0.0697. The van der Waals surface area contributed by atoms with Crippen molar-refractivity contribution in [1.82, 2.24) is 4.90 Å². The second-order valence-corrected chi connectivity index (χ2v) is 5.59. The van der Waals surface area contributed by atoms with Crippen LogP contribution in [-0.2, 0) is 0 Å². The number of carbonyl (C=O) groups is 2. The zero-order valence-corrected chi connectivity index (χ0v) is 13.3. The molecule has 0 aliphatic heterocycles. The van der Waals surface area contributed by atoms with Crippen LogP contribution in [0.5, 0.6) is 0 Å². The average Bonchev–Trinajstić information content (AvgIpc) is 2.30. The van der Waals surface area contributed by atoms with Crippen molar-refractivity contribution in [1.29, 1.82) is 0 Å². The summed E-state index contributed by atoms with van der Waals surface area (Å²) in [4.78, 5) is 23.6. The molecule has 5 nitrogen and oxygen atoms in total. The van der Waals surface area contributed by atoms with E-state index in [1.807, 2.05) is 0 Å². The number of alkyl halides is 2. The van der Waals surface area contributed by atoms with E-state index in [0.29, 0.717) is 8.95 Å². The van der Waals surface area contributed by atoms with Crippen LogP contribution in [0.15, 0.2) is 21.1 Å². The number of nitrogens with one attached hydrogen (secondary N) is 1. The highest BCUT2D eigenvalue weighted by molar-refractivity contribution is 9.11. The monoisotopic (exact) mass is 414 g/mol. The van der Waals surface area contributed by atoms with Crippen molar-refractivity contribution in [2.45, 2.75) is 6.43 Å². The van der Waals surface area contributed by atoms with Crippen LogP contribution in [0.2, 0.25) is 0 Å². The molecule has 110 valence electrons. The standard InChI is InChI=1S/C11H10Br2F2N2O3/c1-17(4-8(14)15)11(20)16-9-6(10(18)19)2-5(12)3-7(9)13/h2-3,8H,4H2,1H3,(H,16,20)(H,18,19). The number of aromatic carboxylic acids is 1. The first kappa shape index (κ1) is 16.8. The van der Waals surface area contributed by atoms with Crippen molar-refractivity contribution in [2.24, 2.45) is 0 Å². The van der Waals surface area contributed by atoms with Gasteiger partial charge >= 0.3 is 12.0 Å². The predicted molar refractivity (Wildman–Crippen MR) is 76.5 cm³/mol. The summed E-state index contributed by atoms with van der Waals surface area (Å²) in [5.74, 6) is -1.25. The number of nitrogens with zero attached hydrogens (tertiary/aromatic N) is 1. The minimum absolute atomic E-state index is 0.00631. The Bertz CT molecular complexity index is 541. The van der Waals surface area contributed by atoms with Crippen molar-refractivity contribution in [2.75, 3.05) is 18.9 Å². The lowest BCUT2D eigenvalue weighted by Crippen LogP contribution is -2.35. The predicted octanol–water partition coefficient (Wildman–Crippen LogP) is 3.64. The fourth-order valence-corrected chi connectivity index (χ4v) is 2.69. The Morgan fingerprint density at radius 3 is 2.50 bits per heavy atom. The van der Waals surface area contributed by atoms with Gasteiger partial charge in [-0.2, -0.15) is 0 Å². The van der Waals surface area contributed by atoms with E-state index in [9.17, 15) is 18.4 Å². The highest BCUT2D eigenvalue weighted by Crippen LogP contribution is 2.31. The van der Waals surface area contributed by atoms with Crippen LogP contribution in [-0.4, -0.2) is 42.0 Å². The first-order valence-electron chi connectivity index (χ1n) is 5.25. The molecule has 0 saturated heterocycles. The van der Waals surface area contributed by atoms with Gasteiger partial charge in [0.2, 0.25) is 0 Å². The summed E-state index contributed by atoms with van der Waals surface area (Å²) in [6.45, 7) is -0.748. The summed E-state index contributed by atoms with van der Waals surface area (Å²) in [5, 5.41) is 11.4. The molecule has 2 amide bonds. The van der Waals surface area contributed by atoms with Gasteiger partial charge in [-0.3, -0.25) is 0 Å². The number of benzene rings is 1. The summed E-state index contributed by atoms with van der Waals surface area (Å²) in [7, 11) is 1.19.